The summed E-state index contributed by atoms with van der Waals surface area (Å²) in [6, 6.07) is 5.63. The standard InChI is InChI=1S/C14H20N4O/c1-9-8-10(2)18(17-9)12-7-6-11(15)13(16-12)19-14(3,4)5/h6-8H,15H2,1-5H3. The highest BCUT2D eigenvalue weighted by molar-refractivity contribution is 5.51. The molecule has 0 saturated carbocycles. The second kappa shape index (κ2) is 4.57. The van der Waals surface area contributed by atoms with Crippen molar-refractivity contribution < 1.29 is 4.74 Å². The Bertz CT molecular complexity index is 596. The van der Waals surface area contributed by atoms with Crippen molar-refractivity contribution in [3.05, 3.63) is 29.6 Å². The average molecular weight is 260 g/mol. The summed E-state index contributed by atoms with van der Waals surface area (Å²) < 4.78 is 7.55. The van der Waals surface area contributed by atoms with Crippen LogP contribution >= 0.6 is 0 Å². The van der Waals surface area contributed by atoms with Crippen LogP contribution in [0, 0.1) is 13.8 Å². The zero-order valence-corrected chi connectivity index (χ0v) is 12.1. The Morgan fingerprint density at radius 1 is 1.21 bits per heavy atom. The van der Waals surface area contributed by atoms with Crippen LogP contribution in [0.3, 0.4) is 0 Å². The third-order valence-corrected chi connectivity index (χ3v) is 2.50. The van der Waals surface area contributed by atoms with E-state index in [1.165, 1.54) is 0 Å². The molecule has 0 spiro atoms. The van der Waals surface area contributed by atoms with Crippen LogP contribution in [0.15, 0.2) is 18.2 Å². The van der Waals surface area contributed by atoms with Crippen molar-refractivity contribution in [2.24, 2.45) is 0 Å². The van der Waals surface area contributed by atoms with E-state index in [1.807, 2.05) is 46.8 Å². The van der Waals surface area contributed by atoms with Gasteiger partial charge in [-0.3, -0.25) is 0 Å². The number of hydrogen-bond donors (Lipinski definition) is 1. The quantitative estimate of drug-likeness (QED) is 0.901. The molecule has 2 N–H and O–H groups in total. The van der Waals surface area contributed by atoms with Crippen molar-refractivity contribution >= 4 is 5.69 Å². The van der Waals surface area contributed by atoms with Crippen molar-refractivity contribution in [3.63, 3.8) is 0 Å². The third-order valence-electron chi connectivity index (χ3n) is 2.50. The molecule has 0 unspecified atom stereocenters. The summed E-state index contributed by atoms with van der Waals surface area (Å²) in [4.78, 5) is 4.46. The van der Waals surface area contributed by atoms with Crippen molar-refractivity contribution in [3.8, 4) is 11.7 Å². The minimum atomic E-state index is -0.338. The Hall–Kier alpha value is -2.04. The maximum absolute atomic E-state index is 5.90. The summed E-state index contributed by atoms with van der Waals surface area (Å²) in [5.41, 5.74) is 8.07. The summed E-state index contributed by atoms with van der Waals surface area (Å²) in [5.74, 6) is 1.15. The SMILES string of the molecule is Cc1cc(C)n(-c2ccc(N)c(OC(C)(C)C)n2)n1. The Kier molecular flexibility index (Phi) is 3.22. The molecule has 0 bridgehead atoms. The smallest absolute Gasteiger partial charge is 0.239 e. The van der Waals surface area contributed by atoms with Crippen LogP contribution in [0.25, 0.3) is 5.82 Å². The van der Waals surface area contributed by atoms with Gasteiger partial charge in [-0.05, 0) is 52.8 Å². The third kappa shape index (κ3) is 3.05. The molecule has 0 fully saturated rings. The molecule has 102 valence electrons. The van der Waals surface area contributed by atoms with Gasteiger partial charge in [0.15, 0.2) is 5.82 Å². The molecule has 0 aliphatic rings. The Balaban J connectivity index is 2.44. The topological polar surface area (TPSA) is 66.0 Å². The van der Waals surface area contributed by atoms with E-state index in [0.29, 0.717) is 17.4 Å². The minimum absolute atomic E-state index is 0.338. The highest BCUT2D eigenvalue weighted by Crippen LogP contribution is 2.24. The first-order valence-electron chi connectivity index (χ1n) is 6.25. The number of nitrogens with two attached hydrogens (primary N) is 1. The molecule has 2 aromatic heterocycles. The average Bonchev–Trinajstić information content (AvgIpc) is 2.59. The van der Waals surface area contributed by atoms with E-state index < -0.39 is 0 Å². The molecular weight excluding hydrogens is 240 g/mol. The van der Waals surface area contributed by atoms with Crippen molar-refractivity contribution in [2.45, 2.75) is 40.2 Å². The lowest BCUT2D eigenvalue weighted by Crippen LogP contribution is -2.24. The summed E-state index contributed by atoms with van der Waals surface area (Å²) in [6.07, 6.45) is 0. The van der Waals surface area contributed by atoms with Crippen LogP contribution in [-0.2, 0) is 0 Å². The molecule has 2 aromatic rings. The fourth-order valence-electron chi connectivity index (χ4n) is 1.79. The Morgan fingerprint density at radius 2 is 1.89 bits per heavy atom. The zero-order chi connectivity index (χ0) is 14.2. The Labute approximate surface area is 113 Å². The zero-order valence-electron chi connectivity index (χ0n) is 12.1. The largest absolute Gasteiger partial charge is 0.470 e. The molecule has 0 saturated heterocycles. The molecule has 0 radical (unpaired) electrons. The molecule has 5 nitrogen and oxygen atoms in total. The van der Waals surface area contributed by atoms with E-state index in [4.69, 9.17) is 10.5 Å². The maximum atomic E-state index is 5.90. The lowest BCUT2D eigenvalue weighted by molar-refractivity contribution is 0.125. The van der Waals surface area contributed by atoms with Gasteiger partial charge in [-0.25, -0.2) is 4.68 Å². The summed E-state index contributed by atoms with van der Waals surface area (Å²) in [7, 11) is 0. The van der Waals surface area contributed by atoms with Gasteiger partial charge in [0.05, 0.1) is 11.4 Å². The van der Waals surface area contributed by atoms with Crippen LogP contribution in [0.1, 0.15) is 32.2 Å². The number of anilines is 1. The van der Waals surface area contributed by atoms with Gasteiger partial charge in [0.1, 0.15) is 5.60 Å². The number of aryl methyl sites for hydroxylation is 2. The van der Waals surface area contributed by atoms with Gasteiger partial charge in [0.25, 0.3) is 0 Å². The van der Waals surface area contributed by atoms with E-state index in [0.717, 1.165) is 11.4 Å². The Morgan fingerprint density at radius 3 is 2.42 bits per heavy atom. The monoisotopic (exact) mass is 260 g/mol. The fraction of sp³-hybridized carbons (Fsp3) is 0.429. The van der Waals surface area contributed by atoms with Crippen LogP contribution in [-0.4, -0.2) is 20.4 Å². The summed E-state index contributed by atoms with van der Waals surface area (Å²) in [5, 5.41) is 4.41. The molecule has 5 heteroatoms. The van der Waals surface area contributed by atoms with Crippen molar-refractivity contribution in [2.75, 3.05) is 5.73 Å². The lowest BCUT2D eigenvalue weighted by Gasteiger charge is -2.21. The van der Waals surface area contributed by atoms with Gasteiger partial charge in [-0.2, -0.15) is 10.1 Å². The number of pyridine rings is 1. The number of nitrogens with zero attached hydrogens (tertiary/aromatic N) is 3. The molecule has 2 rings (SSSR count). The molecule has 2 heterocycles. The molecule has 19 heavy (non-hydrogen) atoms. The molecule has 0 aliphatic carbocycles. The van der Waals surface area contributed by atoms with Gasteiger partial charge in [0, 0.05) is 5.69 Å². The number of ether oxygens (including phenoxy) is 1. The molecular formula is C14H20N4O. The van der Waals surface area contributed by atoms with Crippen LogP contribution in [0.2, 0.25) is 0 Å². The predicted octanol–water partition coefficient (Wildman–Crippen LogP) is 2.64. The minimum Gasteiger partial charge on any atom is -0.470 e. The second-order valence-electron chi connectivity index (χ2n) is 5.62. The first-order chi connectivity index (χ1) is 8.76. The first kappa shape index (κ1) is 13.4. The highest BCUT2D eigenvalue weighted by Gasteiger charge is 2.16. The summed E-state index contributed by atoms with van der Waals surface area (Å²) >= 11 is 0. The molecule has 0 aliphatic heterocycles. The van der Waals surface area contributed by atoms with Crippen LogP contribution in [0.4, 0.5) is 5.69 Å². The predicted molar refractivity (Wildman–Crippen MR) is 75.6 cm³/mol. The number of rotatable bonds is 2. The number of nitrogen functional groups attached to an aromatic ring is 1. The first-order valence-corrected chi connectivity index (χ1v) is 6.25. The van der Waals surface area contributed by atoms with Crippen LogP contribution in [0.5, 0.6) is 5.88 Å². The molecule has 0 aromatic carbocycles. The maximum Gasteiger partial charge on any atom is 0.239 e. The van der Waals surface area contributed by atoms with E-state index in [-0.39, 0.29) is 5.60 Å². The normalized spacial score (nSPS) is 11.6. The van der Waals surface area contributed by atoms with Gasteiger partial charge < -0.3 is 10.5 Å². The van der Waals surface area contributed by atoms with Crippen molar-refractivity contribution in [1.82, 2.24) is 14.8 Å². The lowest BCUT2D eigenvalue weighted by atomic mass is 10.2. The number of hydrogen-bond acceptors (Lipinski definition) is 4. The van der Waals surface area contributed by atoms with E-state index in [9.17, 15) is 0 Å². The number of aromatic nitrogens is 3. The van der Waals surface area contributed by atoms with Gasteiger partial charge in [0.2, 0.25) is 5.88 Å². The second-order valence-corrected chi connectivity index (χ2v) is 5.62. The summed E-state index contributed by atoms with van der Waals surface area (Å²) in [6.45, 7) is 9.83. The van der Waals surface area contributed by atoms with Gasteiger partial charge in [-0.1, -0.05) is 0 Å². The molecule has 0 atom stereocenters. The highest BCUT2D eigenvalue weighted by atomic mass is 16.5. The van der Waals surface area contributed by atoms with E-state index in [2.05, 4.69) is 10.1 Å². The van der Waals surface area contributed by atoms with E-state index >= 15 is 0 Å². The van der Waals surface area contributed by atoms with Gasteiger partial charge >= 0.3 is 0 Å². The van der Waals surface area contributed by atoms with Gasteiger partial charge in [-0.15, -0.1) is 0 Å². The molecule has 0 amide bonds. The van der Waals surface area contributed by atoms with E-state index in [1.54, 1.807) is 10.7 Å². The van der Waals surface area contributed by atoms with Crippen LogP contribution < -0.4 is 10.5 Å². The van der Waals surface area contributed by atoms with Crippen molar-refractivity contribution in [1.29, 1.82) is 0 Å². The fourth-order valence-corrected chi connectivity index (χ4v) is 1.79.